The van der Waals surface area contributed by atoms with Gasteiger partial charge in [-0.25, -0.2) is 4.39 Å². The summed E-state index contributed by atoms with van der Waals surface area (Å²) in [6, 6.07) is 23.4. The Kier molecular flexibility index (Phi) is 5.97. The number of carbonyl (C=O) groups is 1. The molecule has 1 aliphatic heterocycles. The Bertz CT molecular complexity index is 1260. The largest absolute Gasteiger partial charge is 0.350 e. The van der Waals surface area contributed by atoms with Crippen molar-refractivity contribution in [3.05, 3.63) is 95.4 Å². The number of hydrogen-bond acceptors (Lipinski definition) is 2. The molecule has 1 fully saturated rings. The van der Waals surface area contributed by atoms with E-state index in [1.807, 2.05) is 31.2 Å². The molecule has 5 rings (SSSR count). The fraction of sp³-hybridized carbons (Fsp3) is 0.250. The lowest BCUT2D eigenvalue weighted by atomic mass is 10.0. The van der Waals surface area contributed by atoms with Crippen LogP contribution in [0, 0.1) is 12.7 Å². The molecule has 0 unspecified atom stereocenters. The van der Waals surface area contributed by atoms with E-state index in [9.17, 15) is 9.18 Å². The number of amides is 1. The number of fused-ring (bicyclic) bond motifs is 1. The summed E-state index contributed by atoms with van der Waals surface area (Å²) in [5.74, 6) is -0.322. The number of hydrogen-bond donors (Lipinski definition) is 2. The molecule has 0 bridgehead atoms. The fourth-order valence-electron chi connectivity index (χ4n) is 4.84. The van der Waals surface area contributed by atoms with Gasteiger partial charge in [-0.15, -0.1) is 0 Å². The number of aryl methyl sites for hydroxylation is 1. The van der Waals surface area contributed by atoms with Gasteiger partial charge < -0.3 is 10.3 Å². The van der Waals surface area contributed by atoms with E-state index in [4.69, 9.17) is 0 Å². The van der Waals surface area contributed by atoms with Crippen LogP contribution in [-0.4, -0.2) is 34.9 Å². The number of nitrogens with zero attached hydrogens (tertiary/aromatic N) is 1. The SMILES string of the molecule is Cc1c(C(=O)NC[C@@H]2CCCN2Cc2ccccc2)[nH]c2cc(-c3ccc(F)cc3)ccc12. The molecule has 1 amide bonds. The molecule has 168 valence electrons. The molecule has 4 aromatic rings. The predicted molar refractivity (Wildman–Crippen MR) is 131 cm³/mol. The number of rotatable bonds is 6. The van der Waals surface area contributed by atoms with Crippen molar-refractivity contribution in [3.8, 4) is 11.1 Å². The minimum absolute atomic E-state index is 0.0707. The van der Waals surface area contributed by atoms with Crippen molar-refractivity contribution in [1.82, 2.24) is 15.2 Å². The van der Waals surface area contributed by atoms with Gasteiger partial charge >= 0.3 is 0 Å². The van der Waals surface area contributed by atoms with Gasteiger partial charge in [-0.3, -0.25) is 9.69 Å². The third-order valence-electron chi connectivity index (χ3n) is 6.69. The van der Waals surface area contributed by atoms with Crippen LogP contribution in [0.2, 0.25) is 0 Å². The highest BCUT2D eigenvalue weighted by atomic mass is 19.1. The first-order chi connectivity index (χ1) is 16.1. The van der Waals surface area contributed by atoms with Gasteiger partial charge in [0.1, 0.15) is 11.5 Å². The number of nitrogens with one attached hydrogen (secondary N) is 2. The van der Waals surface area contributed by atoms with Crippen molar-refractivity contribution in [3.63, 3.8) is 0 Å². The molecule has 1 atom stereocenters. The molecule has 1 aliphatic rings. The van der Waals surface area contributed by atoms with Gasteiger partial charge in [-0.05, 0) is 66.8 Å². The summed E-state index contributed by atoms with van der Waals surface area (Å²) >= 11 is 0. The van der Waals surface area contributed by atoms with Gasteiger partial charge in [0.05, 0.1) is 0 Å². The average molecular weight is 442 g/mol. The monoisotopic (exact) mass is 441 g/mol. The van der Waals surface area contributed by atoms with Crippen molar-refractivity contribution in [2.75, 3.05) is 13.1 Å². The zero-order valence-electron chi connectivity index (χ0n) is 18.8. The van der Waals surface area contributed by atoms with Crippen LogP contribution in [0.25, 0.3) is 22.0 Å². The first-order valence-electron chi connectivity index (χ1n) is 11.5. The number of aromatic amines is 1. The Morgan fingerprint density at radius 1 is 1.06 bits per heavy atom. The molecule has 0 aliphatic carbocycles. The van der Waals surface area contributed by atoms with Gasteiger partial charge in [0.15, 0.2) is 0 Å². The molecule has 0 saturated carbocycles. The van der Waals surface area contributed by atoms with Crippen molar-refractivity contribution in [2.45, 2.75) is 32.4 Å². The zero-order valence-corrected chi connectivity index (χ0v) is 18.8. The van der Waals surface area contributed by atoms with Crippen molar-refractivity contribution in [2.24, 2.45) is 0 Å². The third-order valence-corrected chi connectivity index (χ3v) is 6.69. The molecule has 2 heterocycles. The summed E-state index contributed by atoms with van der Waals surface area (Å²) in [5, 5.41) is 4.18. The maximum atomic E-state index is 13.3. The van der Waals surface area contributed by atoms with E-state index in [-0.39, 0.29) is 11.7 Å². The van der Waals surface area contributed by atoms with E-state index in [0.29, 0.717) is 18.3 Å². The highest BCUT2D eigenvalue weighted by Gasteiger charge is 2.25. The Morgan fingerprint density at radius 2 is 1.82 bits per heavy atom. The molecule has 0 radical (unpaired) electrons. The van der Waals surface area contributed by atoms with E-state index < -0.39 is 0 Å². The van der Waals surface area contributed by atoms with Gasteiger partial charge in [0.25, 0.3) is 5.91 Å². The quantitative estimate of drug-likeness (QED) is 0.405. The normalized spacial score (nSPS) is 16.4. The molecular weight excluding hydrogens is 413 g/mol. The topological polar surface area (TPSA) is 48.1 Å². The predicted octanol–water partition coefficient (Wildman–Crippen LogP) is 5.68. The second-order valence-electron chi connectivity index (χ2n) is 8.85. The maximum absolute atomic E-state index is 13.3. The molecule has 1 saturated heterocycles. The summed E-state index contributed by atoms with van der Waals surface area (Å²) in [6.45, 7) is 4.59. The summed E-state index contributed by atoms with van der Waals surface area (Å²) in [7, 11) is 0. The summed E-state index contributed by atoms with van der Waals surface area (Å²) in [6.07, 6.45) is 2.25. The molecule has 33 heavy (non-hydrogen) atoms. The second-order valence-corrected chi connectivity index (χ2v) is 8.85. The number of carbonyl (C=O) groups excluding carboxylic acids is 1. The molecular formula is C28H28FN3O. The van der Waals surface area contributed by atoms with Crippen LogP contribution in [0.1, 0.15) is 34.5 Å². The fourth-order valence-corrected chi connectivity index (χ4v) is 4.84. The average Bonchev–Trinajstić information content (AvgIpc) is 3.42. The lowest BCUT2D eigenvalue weighted by Gasteiger charge is -2.24. The number of H-pyrrole nitrogens is 1. The van der Waals surface area contributed by atoms with E-state index in [1.165, 1.54) is 17.7 Å². The standard InChI is InChI=1S/C28H28FN3O/c1-19-25-14-11-22(21-9-12-23(29)13-10-21)16-26(25)31-27(19)28(33)30-17-24-8-5-15-32(24)18-20-6-3-2-4-7-20/h2-4,6-7,9-14,16,24,31H,5,8,15,17-18H2,1H3,(H,30,33)/t24-/m0/s1. The van der Waals surface area contributed by atoms with Gasteiger partial charge in [0.2, 0.25) is 0 Å². The molecule has 5 heteroatoms. The highest BCUT2D eigenvalue weighted by molar-refractivity contribution is 6.01. The van der Waals surface area contributed by atoms with E-state index in [2.05, 4.69) is 39.5 Å². The minimum Gasteiger partial charge on any atom is -0.350 e. The Morgan fingerprint density at radius 3 is 2.61 bits per heavy atom. The molecule has 4 nitrogen and oxygen atoms in total. The van der Waals surface area contributed by atoms with Crippen LogP contribution in [-0.2, 0) is 6.54 Å². The van der Waals surface area contributed by atoms with Crippen molar-refractivity contribution < 1.29 is 9.18 Å². The molecule has 3 aromatic carbocycles. The third kappa shape index (κ3) is 4.55. The van der Waals surface area contributed by atoms with E-state index in [0.717, 1.165) is 53.5 Å². The van der Waals surface area contributed by atoms with Crippen LogP contribution in [0.5, 0.6) is 0 Å². The lowest BCUT2D eigenvalue weighted by molar-refractivity contribution is 0.0935. The number of benzene rings is 3. The minimum atomic E-state index is -0.251. The Balaban J connectivity index is 1.29. The van der Waals surface area contributed by atoms with Gasteiger partial charge in [-0.2, -0.15) is 0 Å². The number of likely N-dealkylation sites (tertiary alicyclic amines) is 1. The van der Waals surface area contributed by atoms with Crippen LogP contribution in [0.4, 0.5) is 4.39 Å². The summed E-state index contributed by atoms with van der Waals surface area (Å²) in [4.78, 5) is 18.8. The molecule has 1 aromatic heterocycles. The molecule has 0 spiro atoms. The van der Waals surface area contributed by atoms with Crippen LogP contribution >= 0.6 is 0 Å². The summed E-state index contributed by atoms with van der Waals surface area (Å²) < 4.78 is 13.3. The number of aromatic nitrogens is 1. The Labute approximate surface area is 193 Å². The van der Waals surface area contributed by atoms with Crippen molar-refractivity contribution >= 4 is 16.8 Å². The van der Waals surface area contributed by atoms with Crippen molar-refractivity contribution in [1.29, 1.82) is 0 Å². The Hall–Kier alpha value is -3.44. The first kappa shape index (κ1) is 21.4. The smallest absolute Gasteiger partial charge is 0.268 e. The van der Waals surface area contributed by atoms with E-state index >= 15 is 0 Å². The van der Waals surface area contributed by atoms with Crippen LogP contribution in [0.15, 0.2) is 72.8 Å². The summed E-state index contributed by atoms with van der Waals surface area (Å²) in [5.41, 5.74) is 5.69. The maximum Gasteiger partial charge on any atom is 0.268 e. The lowest BCUT2D eigenvalue weighted by Crippen LogP contribution is -2.40. The van der Waals surface area contributed by atoms with Gasteiger partial charge in [-0.1, -0.05) is 54.6 Å². The first-order valence-corrected chi connectivity index (χ1v) is 11.5. The van der Waals surface area contributed by atoms with Crippen LogP contribution in [0.3, 0.4) is 0 Å². The van der Waals surface area contributed by atoms with Crippen LogP contribution < -0.4 is 5.32 Å². The molecule has 2 N–H and O–H groups in total. The number of halogens is 1. The highest BCUT2D eigenvalue weighted by Crippen LogP contribution is 2.28. The zero-order chi connectivity index (χ0) is 22.8. The van der Waals surface area contributed by atoms with Gasteiger partial charge in [0, 0.05) is 30.0 Å². The van der Waals surface area contributed by atoms with E-state index in [1.54, 1.807) is 12.1 Å². The second kappa shape index (κ2) is 9.20.